The summed E-state index contributed by atoms with van der Waals surface area (Å²) in [7, 11) is 0. The fourth-order valence-electron chi connectivity index (χ4n) is 3.15. The van der Waals surface area contributed by atoms with Crippen molar-refractivity contribution in [3.8, 4) is 0 Å². The number of morpholine rings is 1. The van der Waals surface area contributed by atoms with Gasteiger partial charge in [-0.3, -0.25) is 4.79 Å². The topological polar surface area (TPSA) is 84.7 Å². The second-order valence-electron chi connectivity index (χ2n) is 6.39. The van der Waals surface area contributed by atoms with Crippen molar-refractivity contribution < 1.29 is 14.3 Å². The van der Waals surface area contributed by atoms with Crippen molar-refractivity contribution in [3.05, 3.63) is 21.4 Å². The highest BCUT2D eigenvalue weighted by Crippen LogP contribution is 2.32. The molecule has 6 nitrogen and oxygen atoms in total. The van der Waals surface area contributed by atoms with Crippen LogP contribution >= 0.6 is 11.3 Å². The van der Waals surface area contributed by atoms with E-state index in [1.807, 2.05) is 6.07 Å². The molecule has 3 N–H and O–H groups in total. The van der Waals surface area contributed by atoms with Gasteiger partial charge in [0.1, 0.15) is 0 Å². The number of nitrogens with two attached hydrogens (primary N) is 1. The fourth-order valence-corrected chi connectivity index (χ4v) is 4.28. The summed E-state index contributed by atoms with van der Waals surface area (Å²) >= 11 is 1.60. The summed E-state index contributed by atoms with van der Waals surface area (Å²) in [5.74, 6) is 0.639. The molecule has 1 fully saturated rings. The lowest BCUT2D eigenvalue weighted by Gasteiger charge is -2.31. The number of nitrogens with one attached hydrogen (secondary N) is 1. The number of hydrogen-bond acceptors (Lipinski definition) is 4. The third-order valence-corrected chi connectivity index (χ3v) is 5.73. The van der Waals surface area contributed by atoms with Crippen molar-refractivity contribution in [2.45, 2.75) is 32.3 Å². The highest BCUT2D eigenvalue weighted by atomic mass is 32.1. The summed E-state index contributed by atoms with van der Waals surface area (Å²) in [5, 5.41) is 2.92. The predicted molar refractivity (Wildman–Crippen MR) is 88.7 cm³/mol. The first-order chi connectivity index (χ1) is 11.0. The minimum absolute atomic E-state index is 0.0585. The maximum atomic E-state index is 12.3. The number of nitrogens with zero attached hydrogens (tertiary/aromatic N) is 1. The Balaban J connectivity index is 1.54. The van der Waals surface area contributed by atoms with Gasteiger partial charge in [-0.15, -0.1) is 11.3 Å². The summed E-state index contributed by atoms with van der Waals surface area (Å²) in [5.41, 5.74) is 6.62. The van der Waals surface area contributed by atoms with E-state index < -0.39 is 6.03 Å². The monoisotopic (exact) mass is 337 g/mol. The van der Waals surface area contributed by atoms with E-state index in [0.29, 0.717) is 32.2 Å². The quantitative estimate of drug-likeness (QED) is 0.874. The third-order valence-electron chi connectivity index (χ3n) is 4.49. The number of rotatable bonds is 3. The Kier molecular flexibility index (Phi) is 4.87. The van der Waals surface area contributed by atoms with Crippen LogP contribution in [0.15, 0.2) is 6.07 Å². The van der Waals surface area contributed by atoms with Crippen molar-refractivity contribution in [2.75, 3.05) is 26.2 Å². The molecule has 0 saturated carbocycles. The van der Waals surface area contributed by atoms with Crippen LogP contribution in [0.4, 0.5) is 4.79 Å². The minimum Gasteiger partial charge on any atom is -0.373 e. The van der Waals surface area contributed by atoms with Gasteiger partial charge in [0.25, 0.3) is 5.91 Å². The molecule has 3 rings (SSSR count). The fraction of sp³-hybridized carbons (Fsp3) is 0.625. The number of ether oxygens (including phenoxy) is 1. The van der Waals surface area contributed by atoms with Crippen LogP contribution in [-0.4, -0.2) is 49.2 Å². The molecular formula is C16H23N3O3S. The molecule has 0 aromatic carbocycles. The van der Waals surface area contributed by atoms with Crippen LogP contribution in [-0.2, 0) is 17.6 Å². The number of aryl methyl sites for hydroxylation is 1. The van der Waals surface area contributed by atoms with Gasteiger partial charge in [0.05, 0.1) is 24.1 Å². The zero-order chi connectivity index (χ0) is 16.4. The van der Waals surface area contributed by atoms with Crippen molar-refractivity contribution in [1.82, 2.24) is 10.2 Å². The molecule has 1 aromatic rings. The average molecular weight is 337 g/mol. The zero-order valence-corrected chi connectivity index (χ0v) is 14.2. The average Bonchev–Trinajstić information content (AvgIpc) is 2.96. The molecule has 0 bridgehead atoms. The lowest BCUT2D eigenvalue weighted by atomic mass is 9.90. The summed E-state index contributed by atoms with van der Waals surface area (Å²) < 4.78 is 5.58. The van der Waals surface area contributed by atoms with Crippen molar-refractivity contribution in [3.63, 3.8) is 0 Å². The predicted octanol–water partition coefficient (Wildman–Crippen LogP) is 1.38. The Morgan fingerprint density at radius 3 is 3.13 bits per heavy atom. The summed E-state index contributed by atoms with van der Waals surface area (Å²) in [6.07, 6.45) is 3.15. The van der Waals surface area contributed by atoms with E-state index in [-0.39, 0.29) is 12.0 Å². The number of primary amides is 1. The maximum Gasteiger partial charge on any atom is 0.314 e. The van der Waals surface area contributed by atoms with Crippen molar-refractivity contribution >= 4 is 23.3 Å². The van der Waals surface area contributed by atoms with Gasteiger partial charge in [-0.05, 0) is 36.8 Å². The largest absolute Gasteiger partial charge is 0.373 e. The zero-order valence-electron chi connectivity index (χ0n) is 13.3. The molecule has 1 aromatic heterocycles. The Hall–Kier alpha value is -1.60. The van der Waals surface area contributed by atoms with Gasteiger partial charge in [0, 0.05) is 18.0 Å². The van der Waals surface area contributed by atoms with Gasteiger partial charge in [-0.1, -0.05) is 6.92 Å². The molecule has 2 aliphatic rings. The Bertz CT molecular complexity index is 601. The Labute approximate surface area is 140 Å². The van der Waals surface area contributed by atoms with E-state index in [4.69, 9.17) is 10.5 Å². The van der Waals surface area contributed by atoms with Crippen molar-refractivity contribution in [2.24, 2.45) is 11.7 Å². The molecule has 1 aliphatic carbocycles. The molecule has 126 valence electrons. The molecule has 0 unspecified atom stereocenters. The van der Waals surface area contributed by atoms with E-state index >= 15 is 0 Å². The van der Waals surface area contributed by atoms with Crippen molar-refractivity contribution in [1.29, 1.82) is 0 Å². The number of fused-ring (bicyclic) bond motifs is 1. The molecule has 7 heteroatoms. The van der Waals surface area contributed by atoms with Crippen LogP contribution in [0.25, 0.3) is 0 Å². The van der Waals surface area contributed by atoms with E-state index in [9.17, 15) is 9.59 Å². The first-order valence-electron chi connectivity index (χ1n) is 8.08. The van der Waals surface area contributed by atoms with Crippen LogP contribution in [0, 0.1) is 5.92 Å². The number of amides is 3. The van der Waals surface area contributed by atoms with E-state index in [0.717, 1.165) is 17.7 Å². The van der Waals surface area contributed by atoms with Crippen LogP contribution in [0.5, 0.6) is 0 Å². The molecule has 1 saturated heterocycles. The lowest BCUT2D eigenvalue weighted by molar-refractivity contribution is -0.0110. The molecule has 23 heavy (non-hydrogen) atoms. The van der Waals surface area contributed by atoms with E-state index in [1.165, 1.54) is 16.9 Å². The number of urea groups is 1. The number of carbonyl (C=O) groups is 2. The van der Waals surface area contributed by atoms with Crippen LogP contribution in [0.3, 0.4) is 0 Å². The molecular weight excluding hydrogens is 314 g/mol. The second kappa shape index (κ2) is 6.88. The van der Waals surface area contributed by atoms with Crippen LogP contribution in [0.2, 0.25) is 0 Å². The van der Waals surface area contributed by atoms with E-state index in [2.05, 4.69) is 12.2 Å². The first kappa shape index (κ1) is 16.3. The van der Waals surface area contributed by atoms with Gasteiger partial charge in [-0.25, -0.2) is 4.79 Å². The molecule has 2 atom stereocenters. The molecule has 0 radical (unpaired) electrons. The summed E-state index contributed by atoms with van der Waals surface area (Å²) in [4.78, 5) is 27.2. The molecule has 3 amide bonds. The molecule has 0 spiro atoms. The summed E-state index contributed by atoms with van der Waals surface area (Å²) in [6.45, 7) is 4.03. The lowest BCUT2D eigenvalue weighted by Crippen LogP contribution is -2.51. The molecule has 2 heterocycles. The first-order valence-corrected chi connectivity index (χ1v) is 8.90. The SMILES string of the molecule is C[C@H]1CCc2sc(C(=O)NC[C@H]3CN(C(N)=O)CCO3)cc2C1. The van der Waals surface area contributed by atoms with Gasteiger partial charge in [-0.2, -0.15) is 0 Å². The Morgan fingerprint density at radius 2 is 2.35 bits per heavy atom. The standard InChI is InChI=1S/C16H23N3O3S/c1-10-2-3-13-11(6-10)7-14(23-13)15(20)18-8-12-9-19(16(17)21)4-5-22-12/h7,10,12H,2-6,8-9H2,1H3,(H2,17,21)(H,18,20)/t10-,12-/m0/s1. The van der Waals surface area contributed by atoms with E-state index in [1.54, 1.807) is 16.2 Å². The van der Waals surface area contributed by atoms with Gasteiger partial charge < -0.3 is 20.7 Å². The van der Waals surface area contributed by atoms with Gasteiger partial charge >= 0.3 is 6.03 Å². The van der Waals surface area contributed by atoms with Crippen LogP contribution in [0.1, 0.15) is 33.5 Å². The molecule has 1 aliphatic heterocycles. The number of hydrogen-bond donors (Lipinski definition) is 2. The minimum atomic E-state index is -0.440. The smallest absolute Gasteiger partial charge is 0.314 e. The second-order valence-corrected chi connectivity index (χ2v) is 7.53. The highest BCUT2D eigenvalue weighted by Gasteiger charge is 2.24. The Morgan fingerprint density at radius 1 is 1.52 bits per heavy atom. The van der Waals surface area contributed by atoms with Gasteiger partial charge in [0.15, 0.2) is 0 Å². The summed E-state index contributed by atoms with van der Waals surface area (Å²) in [6, 6.07) is 1.59. The van der Waals surface area contributed by atoms with Gasteiger partial charge in [0.2, 0.25) is 0 Å². The highest BCUT2D eigenvalue weighted by molar-refractivity contribution is 7.14. The third kappa shape index (κ3) is 3.84. The number of carbonyl (C=O) groups excluding carboxylic acids is 2. The normalized spacial score (nSPS) is 24.1. The van der Waals surface area contributed by atoms with Crippen LogP contribution < -0.4 is 11.1 Å². The number of thiophene rings is 1. The maximum absolute atomic E-state index is 12.3.